The Labute approximate surface area is 159 Å². The number of nitrogens with zero attached hydrogens (tertiary/aromatic N) is 3. The molecule has 1 saturated carbocycles. The maximum Gasteiger partial charge on any atom is 0.251 e. The molecule has 2 fully saturated rings. The van der Waals surface area contributed by atoms with E-state index in [-0.39, 0.29) is 17.7 Å². The van der Waals surface area contributed by atoms with Crippen molar-refractivity contribution in [3.8, 4) is 11.4 Å². The van der Waals surface area contributed by atoms with Gasteiger partial charge >= 0.3 is 0 Å². The molecular formula is C21H26N4O2. The van der Waals surface area contributed by atoms with E-state index >= 15 is 0 Å². The Morgan fingerprint density at radius 2 is 1.96 bits per heavy atom. The van der Waals surface area contributed by atoms with Gasteiger partial charge in [0.1, 0.15) is 5.82 Å². The highest BCUT2D eigenvalue weighted by atomic mass is 16.2. The lowest BCUT2D eigenvalue weighted by Crippen LogP contribution is -2.36. The third-order valence-corrected chi connectivity index (χ3v) is 5.78. The van der Waals surface area contributed by atoms with Gasteiger partial charge in [0, 0.05) is 62.0 Å². The van der Waals surface area contributed by atoms with Gasteiger partial charge in [-0.2, -0.15) is 0 Å². The third kappa shape index (κ3) is 3.75. The van der Waals surface area contributed by atoms with E-state index in [0.29, 0.717) is 24.6 Å². The monoisotopic (exact) mass is 366 g/mol. The standard InChI is InChI=1S/C21H26N4O2/c1-24-11-10-22-20(24)16-6-8-17(9-7-16)21(27)23-13-15-12-19(26)25(14-15)18-4-2-3-5-18/h6-11,15,18H,2-5,12-14H2,1H3,(H,23,27). The predicted molar refractivity (Wildman–Crippen MR) is 103 cm³/mol. The van der Waals surface area contributed by atoms with Crippen LogP contribution in [0.5, 0.6) is 0 Å². The number of aryl methyl sites for hydroxylation is 1. The Balaban J connectivity index is 1.32. The summed E-state index contributed by atoms with van der Waals surface area (Å²) in [5.41, 5.74) is 1.61. The zero-order valence-electron chi connectivity index (χ0n) is 15.7. The number of rotatable bonds is 5. The molecule has 6 nitrogen and oxygen atoms in total. The van der Waals surface area contributed by atoms with Gasteiger partial charge in [0.15, 0.2) is 0 Å². The van der Waals surface area contributed by atoms with Crippen LogP contribution < -0.4 is 5.32 Å². The van der Waals surface area contributed by atoms with E-state index in [1.54, 1.807) is 6.20 Å². The summed E-state index contributed by atoms with van der Waals surface area (Å²) in [6.07, 6.45) is 8.92. The number of likely N-dealkylation sites (tertiary alicyclic amines) is 1. The molecule has 2 heterocycles. The molecule has 1 unspecified atom stereocenters. The summed E-state index contributed by atoms with van der Waals surface area (Å²) in [7, 11) is 1.95. The van der Waals surface area contributed by atoms with Gasteiger partial charge in [-0.3, -0.25) is 9.59 Å². The fraction of sp³-hybridized carbons (Fsp3) is 0.476. The summed E-state index contributed by atoms with van der Waals surface area (Å²) >= 11 is 0. The lowest BCUT2D eigenvalue weighted by Gasteiger charge is -2.24. The summed E-state index contributed by atoms with van der Waals surface area (Å²) in [4.78, 5) is 31.1. The van der Waals surface area contributed by atoms with E-state index in [1.165, 1.54) is 12.8 Å². The molecular weight excluding hydrogens is 340 g/mol. The second-order valence-electron chi connectivity index (χ2n) is 7.70. The second kappa shape index (κ2) is 7.55. The van der Waals surface area contributed by atoms with Crippen LogP contribution >= 0.6 is 0 Å². The van der Waals surface area contributed by atoms with Crippen molar-refractivity contribution in [3.05, 3.63) is 42.2 Å². The molecule has 1 aromatic carbocycles. The zero-order chi connectivity index (χ0) is 18.8. The highest BCUT2D eigenvalue weighted by Gasteiger charge is 2.35. The fourth-order valence-corrected chi connectivity index (χ4v) is 4.27. The lowest BCUT2D eigenvalue weighted by atomic mass is 10.1. The van der Waals surface area contributed by atoms with Gasteiger partial charge in [-0.25, -0.2) is 4.98 Å². The van der Waals surface area contributed by atoms with Crippen LogP contribution in [0.25, 0.3) is 11.4 Å². The minimum absolute atomic E-state index is 0.0897. The molecule has 2 amide bonds. The summed E-state index contributed by atoms with van der Waals surface area (Å²) in [5, 5.41) is 3.00. The molecule has 0 spiro atoms. The number of carbonyl (C=O) groups excluding carboxylic acids is 2. The first-order valence-electron chi connectivity index (χ1n) is 9.77. The minimum atomic E-state index is -0.0897. The summed E-state index contributed by atoms with van der Waals surface area (Å²) in [5.74, 6) is 1.25. The van der Waals surface area contributed by atoms with Crippen LogP contribution in [0.1, 0.15) is 42.5 Å². The maximum absolute atomic E-state index is 12.5. The molecule has 1 aromatic heterocycles. The molecule has 2 aromatic rings. The van der Waals surface area contributed by atoms with Crippen molar-refractivity contribution in [2.75, 3.05) is 13.1 Å². The van der Waals surface area contributed by atoms with Crippen LogP contribution in [-0.4, -0.2) is 45.4 Å². The average molecular weight is 366 g/mol. The SMILES string of the molecule is Cn1ccnc1-c1ccc(C(=O)NCC2CC(=O)N(C3CCCC3)C2)cc1. The van der Waals surface area contributed by atoms with E-state index in [9.17, 15) is 9.59 Å². The molecule has 2 aliphatic rings. The number of hydrogen-bond donors (Lipinski definition) is 1. The van der Waals surface area contributed by atoms with Gasteiger partial charge < -0.3 is 14.8 Å². The molecule has 6 heteroatoms. The van der Waals surface area contributed by atoms with E-state index in [0.717, 1.165) is 30.8 Å². The highest BCUT2D eigenvalue weighted by Crippen LogP contribution is 2.29. The molecule has 27 heavy (non-hydrogen) atoms. The minimum Gasteiger partial charge on any atom is -0.352 e. The first-order chi connectivity index (χ1) is 13.1. The van der Waals surface area contributed by atoms with E-state index in [1.807, 2.05) is 47.0 Å². The maximum atomic E-state index is 12.5. The van der Waals surface area contributed by atoms with E-state index < -0.39 is 0 Å². The smallest absolute Gasteiger partial charge is 0.251 e. The molecule has 4 rings (SSSR count). The first kappa shape index (κ1) is 17.8. The zero-order valence-corrected chi connectivity index (χ0v) is 15.7. The topological polar surface area (TPSA) is 67.2 Å². The Hall–Kier alpha value is -2.63. The molecule has 1 atom stereocenters. The number of hydrogen-bond acceptors (Lipinski definition) is 3. The average Bonchev–Trinajstić information content (AvgIpc) is 3.41. The molecule has 1 N–H and O–H groups in total. The Bertz CT molecular complexity index is 821. The lowest BCUT2D eigenvalue weighted by molar-refractivity contribution is -0.129. The molecule has 1 aliphatic heterocycles. The van der Waals surface area contributed by atoms with Crippen LogP contribution in [0.3, 0.4) is 0 Å². The number of aromatic nitrogens is 2. The van der Waals surface area contributed by atoms with Gasteiger partial charge in [-0.1, -0.05) is 25.0 Å². The quantitative estimate of drug-likeness (QED) is 0.884. The van der Waals surface area contributed by atoms with Crippen molar-refractivity contribution in [2.45, 2.75) is 38.1 Å². The highest BCUT2D eigenvalue weighted by molar-refractivity contribution is 5.94. The number of imidazole rings is 1. The van der Waals surface area contributed by atoms with Crippen LogP contribution in [0.4, 0.5) is 0 Å². The molecule has 0 radical (unpaired) electrons. The number of nitrogens with one attached hydrogen (secondary N) is 1. The van der Waals surface area contributed by atoms with E-state index in [4.69, 9.17) is 0 Å². The van der Waals surface area contributed by atoms with Crippen molar-refractivity contribution in [1.82, 2.24) is 19.8 Å². The Kier molecular flexibility index (Phi) is 4.97. The Morgan fingerprint density at radius 3 is 2.63 bits per heavy atom. The Morgan fingerprint density at radius 1 is 1.22 bits per heavy atom. The van der Waals surface area contributed by atoms with Gasteiger partial charge in [-0.15, -0.1) is 0 Å². The van der Waals surface area contributed by atoms with Crippen molar-refractivity contribution < 1.29 is 9.59 Å². The largest absolute Gasteiger partial charge is 0.352 e. The fourth-order valence-electron chi connectivity index (χ4n) is 4.27. The van der Waals surface area contributed by atoms with Crippen molar-refractivity contribution >= 4 is 11.8 Å². The van der Waals surface area contributed by atoms with Crippen LogP contribution in [0.15, 0.2) is 36.7 Å². The first-order valence-corrected chi connectivity index (χ1v) is 9.77. The summed E-state index contributed by atoms with van der Waals surface area (Å²) in [6.45, 7) is 1.33. The van der Waals surface area contributed by atoms with Gasteiger partial charge in [0.2, 0.25) is 5.91 Å². The summed E-state index contributed by atoms with van der Waals surface area (Å²) in [6, 6.07) is 7.90. The van der Waals surface area contributed by atoms with Gasteiger partial charge in [0.05, 0.1) is 0 Å². The van der Waals surface area contributed by atoms with Crippen molar-refractivity contribution in [3.63, 3.8) is 0 Å². The molecule has 142 valence electrons. The number of benzene rings is 1. The second-order valence-corrected chi connectivity index (χ2v) is 7.70. The molecule has 1 aliphatic carbocycles. The van der Waals surface area contributed by atoms with Gasteiger partial charge in [0.25, 0.3) is 5.91 Å². The van der Waals surface area contributed by atoms with Crippen LogP contribution in [0.2, 0.25) is 0 Å². The van der Waals surface area contributed by atoms with Crippen LogP contribution in [0, 0.1) is 5.92 Å². The molecule has 0 bridgehead atoms. The van der Waals surface area contributed by atoms with Crippen LogP contribution in [-0.2, 0) is 11.8 Å². The molecule has 1 saturated heterocycles. The normalized spacial score (nSPS) is 20.4. The van der Waals surface area contributed by atoms with Gasteiger partial charge in [-0.05, 0) is 25.0 Å². The van der Waals surface area contributed by atoms with E-state index in [2.05, 4.69) is 10.3 Å². The van der Waals surface area contributed by atoms with Crippen molar-refractivity contribution in [1.29, 1.82) is 0 Å². The third-order valence-electron chi connectivity index (χ3n) is 5.78. The number of amides is 2. The van der Waals surface area contributed by atoms with Crippen molar-refractivity contribution in [2.24, 2.45) is 13.0 Å². The number of carbonyl (C=O) groups is 2. The predicted octanol–water partition coefficient (Wildman–Crippen LogP) is 2.61. The summed E-state index contributed by atoms with van der Waals surface area (Å²) < 4.78 is 1.95.